The van der Waals surface area contributed by atoms with Crippen LogP contribution in [0.3, 0.4) is 0 Å². The summed E-state index contributed by atoms with van der Waals surface area (Å²) in [6, 6.07) is 8.10. The van der Waals surface area contributed by atoms with Crippen molar-refractivity contribution >= 4 is 21.6 Å². The fourth-order valence-electron chi connectivity index (χ4n) is 2.87. The van der Waals surface area contributed by atoms with Crippen molar-refractivity contribution in [3.63, 3.8) is 0 Å². The van der Waals surface area contributed by atoms with Gasteiger partial charge in [-0.1, -0.05) is 17.2 Å². The predicted octanol–water partition coefficient (Wildman–Crippen LogP) is 0.890. The number of amides is 1. The van der Waals surface area contributed by atoms with Crippen molar-refractivity contribution in [3.05, 3.63) is 40.3 Å². The molecular formula is C17H26N6O4S. The number of rotatable bonds is 10. The van der Waals surface area contributed by atoms with Gasteiger partial charge in [0.05, 0.1) is 13.2 Å². The molecule has 2 rings (SSSR count). The van der Waals surface area contributed by atoms with Crippen molar-refractivity contribution in [2.45, 2.75) is 6.92 Å². The Morgan fingerprint density at radius 1 is 1.29 bits per heavy atom. The number of azide groups is 1. The van der Waals surface area contributed by atoms with Crippen LogP contribution in [0, 0.1) is 6.92 Å². The monoisotopic (exact) mass is 410 g/mol. The number of hydrogen-bond acceptors (Lipinski definition) is 6. The number of nitrogens with zero attached hydrogens (tertiary/aromatic N) is 5. The summed E-state index contributed by atoms with van der Waals surface area (Å²) in [5.74, 6) is -1.13. The van der Waals surface area contributed by atoms with E-state index in [1.165, 1.54) is 4.31 Å². The summed E-state index contributed by atoms with van der Waals surface area (Å²) in [6.45, 7) is 4.80. The minimum absolute atomic E-state index is 0.200. The highest BCUT2D eigenvalue weighted by Crippen LogP contribution is 2.19. The number of benzene rings is 1. The Labute approximate surface area is 165 Å². The van der Waals surface area contributed by atoms with Gasteiger partial charge in [-0.2, -0.15) is 4.31 Å². The van der Waals surface area contributed by atoms with Crippen LogP contribution in [0.4, 0.5) is 5.69 Å². The summed E-state index contributed by atoms with van der Waals surface area (Å²) in [5.41, 5.74) is 10.4. The minimum Gasteiger partial charge on any atom is -0.379 e. The van der Waals surface area contributed by atoms with E-state index in [0.29, 0.717) is 26.2 Å². The van der Waals surface area contributed by atoms with E-state index in [0.717, 1.165) is 11.3 Å². The number of aryl methyl sites for hydroxylation is 1. The summed E-state index contributed by atoms with van der Waals surface area (Å²) in [5, 5.41) is 5.84. The molecule has 0 aliphatic carbocycles. The molecule has 154 valence electrons. The smallest absolute Gasteiger partial charge is 0.236 e. The summed E-state index contributed by atoms with van der Waals surface area (Å²) in [6.07, 6.45) is 0. The summed E-state index contributed by atoms with van der Waals surface area (Å²) >= 11 is 0. The van der Waals surface area contributed by atoms with E-state index in [2.05, 4.69) is 26.3 Å². The third-order valence-electron chi connectivity index (χ3n) is 4.28. The lowest BCUT2D eigenvalue weighted by Crippen LogP contribution is -2.50. The van der Waals surface area contributed by atoms with Crippen molar-refractivity contribution in [3.8, 4) is 0 Å². The second-order valence-corrected chi connectivity index (χ2v) is 8.37. The van der Waals surface area contributed by atoms with E-state index in [9.17, 15) is 13.2 Å². The molecule has 0 atom stereocenters. The molecule has 0 radical (unpaired) electrons. The lowest BCUT2D eigenvalue weighted by molar-refractivity contribution is -0.118. The average molecular weight is 411 g/mol. The normalized spacial score (nSPS) is 15.1. The third-order valence-corrected chi connectivity index (χ3v) is 6.06. The van der Waals surface area contributed by atoms with Crippen LogP contribution in [-0.2, 0) is 19.6 Å². The van der Waals surface area contributed by atoms with E-state index in [-0.39, 0.29) is 26.3 Å². The number of piperazine rings is 1. The Morgan fingerprint density at radius 3 is 2.71 bits per heavy atom. The minimum atomic E-state index is -3.65. The predicted molar refractivity (Wildman–Crippen MR) is 107 cm³/mol. The molecule has 0 aromatic heterocycles. The maximum atomic E-state index is 12.5. The molecule has 1 aliphatic heterocycles. The van der Waals surface area contributed by atoms with Gasteiger partial charge in [-0.15, -0.1) is 0 Å². The Hall–Kier alpha value is -2.33. The molecule has 28 heavy (non-hydrogen) atoms. The molecule has 1 heterocycles. The van der Waals surface area contributed by atoms with Crippen LogP contribution in [0.15, 0.2) is 29.4 Å². The maximum Gasteiger partial charge on any atom is 0.236 e. The van der Waals surface area contributed by atoms with Gasteiger partial charge in [-0.3, -0.25) is 4.79 Å². The fraction of sp³-hybridized carbons (Fsp3) is 0.588. The highest BCUT2D eigenvalue weighted by molar-refractivity contribution is 7.89. The van der Waals surface area contributed by atoms with Crippen LogP contribution in [0.1, 0.15) is 5.56 Å². The molecule has 1 amide bonds. The van der Waals surface area contributed by atoms with Gasteiger partial charge in [0.25, 0.3) is 0 Å². The Morgan fingerprint density at radius 2 is 2.04 bits per heavy atom. The molecule has 10 nitrogen and oxygen atoms in total. The molecule has 1 aromatic carbocycles. The van der Waals surface area contributed by atoms with Crippen molar-refractivity contribution in [1.82, 2.24) is 9.62 Å². The quantitative estimate of drug-likeness (QED) is 0.265. The first-order chi connectivity index (χ1) is 13.4. The van der Waals surface area contributed by atoms with Crippen LogP contribution in [-0.4, -0.2) is 76.9 Å². The highest BCUT2D eigenvalue weighted by atomic mass is 32.2. The molecule has 1 saturated heterocycles. The molecule has 0 bridgehead atoms. The van der Waals surface area contributed by atoms with E-state index in [1.54, 1.807) is 0 Å². The van der Waals surface area contributed by atoms with Gasteiger partial charge in [-0.05, 0) is 30.2 Å². The topological polar surface area (TPSA) is 128 Å². The number of anilines is 1. The van der Waals surface area contributed by atoms with Gasteiger partial charge in [0.1, 0.15) is 5.75 Å². The van der Waals surface area contributed by atoms with Crippen LogP contribution < -0.4 is 10.2 Å². The molecule has 1 N–H and O–H groups in total. The van der Waals surface area contributed by atoms with E-state index in [4.69, 9.17) is 10.3 Å². The van der Waals surface area contributed by atoms with Gasteiger partial charge in [0, 0.05) is 49.9 Å². The standard InChI is InChI=1S/C17H26N6O4S/c1-15-3-2-4-16(13-15)22-7-9-23(10-8-22)28(25,26)14-17(24)19-5-11-27-12-6-20-21-18/h2-4,13H,5-12,14H2,1H3,(H,19,24). The lowest BCUT2D eigenvalue weighted by atomic mass is 10.2. The average Bonchev–Trinajstić information content (AvgIpc) is 2.67. The van der Waals surface area contributed by atoms with Gasteiger partial charge in [0.2, 0.25) is 15.9 Å². The zero-order valence-electron chi connectivity index (χ0n) is 16.0. The van der Waals surface area contributed by atoms with E-state index < -0.39 is 21.7 Å². The van der Waals surface area contributed by atoms with Crippen molar-refractivity contribution in [1.29, 1.82) is 0 Å². The Balaban J connectivity index is 1.72. The summed E-state index contributed by atoms with van der Waals surface area (Å²) in [7, 11) is -3.65. The first-order valence-electron chi connectivity index (χ1n) is 9.07. The zero-order chi connectivity index (χ0) is 20.4. The zero-order valence-corrected chi connectivity index (χ0v) is 16.8. The molecular weight excluding hydrogens is 384 g/mol. The van der Waals surface area contributed by atoms with Gasteiger partial charge in [-0.25, -0.2) is 8.42 Å². The lowest BCUT2D eigenvalue weighted by Gasteiger charge is -2.35. The molecule has 0 unspecified atom stereocenters. The Kier molecular flexibility index (Phi) is 8.52. The molecule has 0 spiro atoms. The Bertz CT molecular complexity index is 802. The maximum absolute atomic E-state index is 12.5. The summed E-state index contributed by atoms with van der Waals surface area (Å²) < 4.78 is 31.5. The van der Waals surface area contributed by atoms with Gasteiger partial charge < -0.3 is 15.0 Å². The first kappa shape index (κ1) is 22.0. The number of nitrogens with one attached hydrogen (secondary N) is 1. The van der Waals surface area contributed by atoms with Crippen LogP contribution in [0.5, 0.6) is 0 Å². The van der Waals surface area contributed by atoms with Crippen LogP contribution in [0.25, 0.3) is 10.4 Å². The van der Waals surface area contributed by atoms with Gasteiger partial charge in [0.15, 0.2) is 0 Å². The van der Waals surface area contributed by atoms with Crippen molar-refractivity contribution in [2.75, 3.05) is 63.1 Å². The fourth-order valence-corrected chi connectivity index (χ4v) is 4.21. The number of hydrogen-bond donors (Lipinski definition) is 1. The number of sulfonamides is 1. The van der Waals surface area contributed by atoms with Crippen molar-refractivity contribution in [2.24, 2.45) is 5.11 Å². The first-order valence-corrected chi connectivity index (χ1v) is 10.7. The molecule has 1 fully saturated rings. The molecule has 1 aliphatic rings. The van der Waals surface area contributed by atoms with Gasteiger partial charge >= 0.3 is 0 Å². The van der Waals surface area contributed by atoms with E-state index in [1.807, 2.05) is 25.1 Å². The third kappa shape index (κ3) is 7.01. The van der Waals surface area contributed by atoms with Crippen LogP contribution in [0.2, 0.25) is 0 Å². The second kappa shape index (κ2) is 10.9. The molecule has 11 heteroatoms. The number of carbonyl (C=O) groups is 1. The molecule has 1 aromatic rings. The second-order valence-electron chi connectivity index (χ2n) is 6.40. The van der Waals surface area contributed by atoms with Crippen molar-refractivity contribution < 1.29 is 17.9 Å². The van der Waals surface area contributed by atoms with Crippen LogP contribution >= 0.6 is 0 Å². The number of carbonyl (C=O) groups excluding carboxylic acids is 1. The SMILES string of the molecule is Cc1cccc(N2CCN(S(=O)(=O)CC(=O)NCCOCCN=[N+]=[N-])CC2)c1. The largest absolute Gasteiger partial charge is 0.379 e. The highest BCUT2D eigenvalue weighted by Gasteiger charge is 2.29. The number of ether oxygens (including phenoxy) is 1. The van der Waals surface area contributed by atoms with E-state index >= 15 is 0 Å². The summed E-state index contributed by atoms with van der Waals surface area (Å²) in [4.78, 5) is 16.6. The molecule has 0 saturated carbocycles.